The zero-order valence-corrected chi connectivity index (χ0v) is 13.9. The van der Waals surface area contributed by atoms with Crippen LogP contribution < -0.4 is 10.6 Å². The number of piperidine rings is 1. The molecule has 0 aliphatic carbocycles. The fourth-order valence-corrected chi connectivity index (χ4v) is 3.21. The summed E-state index contributed by atoms with van der Waals surface area (Å²) in [6.45, 7) is 1.04. The third-order valence-corrected chi connectivity index (χ3v) is 4.51. The molecule has 0 spiro atoms. The molecule has 4 rings (SSSR count). The van der Waals surface area contributed by atoms with E-state index in [2.05, 4.69) is 20.8 Å². The van der Waals surface area contributed by atoms with E-state index in [1.54, 1.807) is 12.3 Å². The lowest BCUT2D eigenvalue weighted by molar-refractivity contribution is 0.101. The van der Waals surface area contributed by atoms with Crippen molar-refractivity contribution in [2.45, 2.75) is 31.7 Å². The molecule has 0 radical (unpaired) electrons. The number of nitrogens with one attached hydrogen (secondary N) is 2. The largest absolute Gasteiger partial charge is 0.361 e. The first kappa shape index (κ1) is 15.8. The number of benzene rings is 1. The molecule has 1 atom stereocenters. The number of anilines is 1. The van der Waals surface area contributed by atoms with Gasteiger partial charge in [-0.3, -0.25) is 9.78 Å². The maximum atomic E-state index is 12.4. The summed E-state index contributed by atoms with van der Waals surface area (Å²) in [5.41, 5.74) is 1.91. The van der Waals surface area contributed by atoms with Gasteiger partial charge in [-0.1, -0.05) is 17.6 Å². The monoisotopic (exact) mass is 336 g/mol. The third kappa shape index (κ3) is 3.69. The van der Waals surface area contributed by atoms with Crippen molar-refractivity contribution >= 4 is 22.5 Å². The number of carbonyl (C=O) groups excluding carboxylic acids is 1. The van der Waals surface area contributed by atoms with Gasteiger partial charge in [0.1, 0.15) is 5.76 Å². The van der Waals surface area contributed by atoms with Crippen LogP contribution in [0.1, 0.15) is 35.5 Å². The summed E-state index contributed by atoms with van der Waals surface area (Å²) in [6.07, 6.45) is 6.10. The Labute approximate surface area is 145 Å². The molecule has 1 unspecified atom stereocenters. The molecule has 0 saturated carbocycles. The number of amides is 1. The third-order valence-electron chi connectivity index (χ3n) is 4.51. The van der Waals surface area contributed by atoms with Crippen LogP contribution in [0.4, 0.5) is 5.69 Å². The van der Waals surface area contributed by atoms with Gasteiger partial charge >= 0.3 is 0 Å². The summed E-state index contributed by atoms with van der Waals surface area (Å²) in [7, 11) is 0. The van der Waals surface area contributed by atoms with E-state index >= 15 is 0 Å². The molecule has 1 aliphatic rings. The fraction of sp³-hybridized carbons (Fsp3) is 0.316. The average Bonchev–Trinajstić information content (AvgIpc) is 3.11. The molecule has 6 nitrogen and oxygen atoms in total. The van der Waals surface area contributed by atoms with Gasteiger partial charge in [0.05, 0.1) is 5.52 Å². The molecule has 3 aromatic rings. The van der Waals surface area contributed by atoms with Gasteiger partial charge in [-0.25, -0.2) is 0 Å². The first-order valence-corrected chi connectivity index (χ1v) is 8.63. The van der Waals surface area contributed by atoms with Crippen LogP contribution in [-0.2, 0) is 6.42 Å². The lowest BCUT2D eigenvalue weighted by Gasteiger charge is -2.21. The van der Waals surface area contributed by atoms with Crippen LogP contribution in [0.25, 0.3) is 10.9 Å². The number of nitrogens with zero attached hydrogens (tertiary/aromatic N) is 2. The van der Waals surface area contributed by atoms with Crippen molar-refractivity contribution in [2.75, 3.05) is 11.9 Å². The minimum Gasteiger partial charge on any atom is -0.361 e. The Morgan fingerprint density at radius 1 is 1.28 bits per heavy atom. The second kappa shape index (κ2) is 7.03. The van der Waals surface area contributed by atoms with Crippen LogP contribution in [0.15, 0.2) is 47.1 Å². The molecule has 0 bridgehead atoms. The number of carbonyl (C=O) groups is 1. The normalized spacial score (nSPS) is 17.5. The van der Waals surface area contributed by atoms with Gasteiger partial charge in [0.25, 0.3) is 5.91 Å². The van der Waals surface area contributed by atoms with Crippen molar-refractivity contribution in [3.05, 3.63) is 54.0 Å². The molecule has 2 N–H and O–H groups in total. The highest BCUT2D eigenvalue weighted by molar-refractivity contribution is 6.03. The Hall–Kier alpha value is -2.73. The van der Waals surface area contributed by atoms with Gasteiger partial charge in [-0.05, 0) is 43.7 Å². The molecule has 6 heteroatoms. The predicted octanol–water partition coefficient (Wildman–Crippen LogP) is 3.16. The van der Waals surface area contributed by atoms with Crippen molar-refractivity contribution in [2.24, 2.45) is 0 Å². The standard InChI is InChI=1S/C19H20N4O2/c24-19(22-15-6-7-17-13(10-15)4-3-9-21-17)18-12-16(25-23-18)11-14-5-1-2-8-20-14/h3-4,6-7,9-10,12,14,20H,1-2,5,8,11H2,(H,22,24). The summed E-state index contributed by atoms with van der Waals surface area (Å²) < 4.78 is 5.34. The summed E-state index contributed by atoms with van der Waals surface area (Å²) in [5.74, 6) is 0.474. The molecule has 3 heterocycles. The molecular formula is C19H20N4O2. The van der Waals surface area contributed by atoms with E-state index in [0.29, 0.717) is 17.4 Å². The van der Waals surface area contributed by atoms with Crippen molar-refractivity contribution in [1.29, 1.82) is 0 Å². The van der Waals surface area contributed by atoms with E-state index in [4.69, 9.17) is 4.52 Å². The average molecular weight is 336 g/mol. The van der Waals surface area contributed by atoms with Gasteiger partial charge < -0.3 is 15.2 Å². The SMILES string of the molecule is O=C(Nc1ccc2ncccc2c1)c1cc(CC2CCCCN2)on1. The maximum absolute atomic E-state index is 12.4. The number of fused-ring (bicyclic) bond motifs is 1. The lowest BCUT2D eigenvalue weighted by atomic mass is 10.0. The van der Waals surface area contributed by atoms with E-state index in [1.807, 2.05) is 30.3 Å². The first-order valence-electron chi connectivity index (χ1n) is 8.63. The number of pyridine rings is 1. The highest BCUT2D eigenvalue weighted by atomic mass is 16.5. The second-order valence-electron chi connectivity index (χ2n) is 6.39. The number of hydrogen-bond acceptors (Lipinski definition) is 5. The minimum absolute atomic E-state index is 0.269. The molecule has 1 amide bonds. The Morgan fingerprint density at radius 3 is 3.12 bits per heavy atom. The first-order chi connectivity index (χ1) is 12.3. The molecular weight excluding hydrogens is 316 g/mol. The highest BCUT2D eigenvalue weighted by Crippen LogP contribution is 2.18. The highest BCUT2D eigenvalue weighted by Gasteiger charge is 2.18. The minimum atomic E-state index is -0.269. The van der Waals surface area contributed by atoms with Gasteiger partial charge in [0.2, 0.25) is 0 Å². The molecule has 1 aliphatic heterocycles. The summed E-state index contributed by atoms with van der Waals surface area (Å²) in [5, 5.41) is 11.2. The van der Waals surface area contributed by atoms with Gasteiger partial charge in [-0.2, -0.15) is 0 Å². The van der Waals surface area contributed by atoms with Gasteiger partial charge in [0, 0.05) is 35.8 Å². The number of rotatable bonds is 4. The fourth-order valence-electron chi connectivity index (χ4n) is 3.21. The maximum Gasteiger partial charge on any atom is 0.277 e. The lowest BCUT2D eigenvalue weighted by Crippen LogP contribution is -2.35. The Bertz CT molecular complexity index is 884. The van der Waals surface area contributed by atoms with Gasteiger partial charge in [0.15, 0.2) is 5.69 Å². The predicted molar refractivity (Wildman–Crippen MR) is 95.5 cm³/mol. The summed E-state index contributed by atoms with van der Waals surface area (Å²) in [6, 6.07) is 11.6. The van der Waals surface area contributed by atoms with Crippen LogP contribution in [0.2, 0.25) is 0 Å². The topological polar surface area (TPSA) is 80.0 Å². The Kier molecular flexibility index (Phi) is 4.43. The van der Waals surface area contributed by atoms with E-state index in [1.165, 1.54) is 12.8 Å². The zero-order valence-electron chi connectivity index (χ0n) is 13.9. The van der Waals surface area contributed by atoms with Crippen molar-refractivity contribution < 1.29 is 9.32 Å². The van der Waals surface area contributed by atoms with E-state index in [0.717, 1.165) is 36.0 Å². The summed E-state index contributed by atoms with van der Waals surface area (Å²) >= 11 is 0. The molecule has 128 valence electrons. The summed E-state index contributed by atoms with van der Waals surface area (Å²) in [4.78, 5) is 16.7. The number of hydrogen-bond donors (Lipinski definition) is 2. The van der Waals surface area contributed by atoms with Crippen LogP contribution in [0.5, 0.6) is 0 Å². The van der Waals surface area contributed by atoms with Crippen LogP contribution in [0, 0.1) is 0 Å². The van der Waals surface area contributed by atoms with E-state index in [9.17, 15) is 4.79 Å². The van der Waals surface area contributed by atoms with E-state index in [-0.39, 0.29) is 5.91 Å². The van der Waals surface area contributed by atoms with Crippen LogP contribution in [-0.4, -0.2) is 28.6 Å². The molecule has 1 aromatic carbocycles. The second-order valence-corrected chi connectivity index (χ2v) is 6.39. The van der Waals surface area contributed by atoms with Crippen LogP contribution >= 0.6 is 0 Å². The zero-order chi connectivity index (χ0) is 17.1. The van der Waals surface area contributed by atoms with Gasteiger partial charge in [-0.15, -0.1) is 0 Å². The Balaban J connectivity index is 1.43. The molecule has 25 heavy (non-hydrogen) atoms. The quantitative estimate of drug-likeness (QED) is 0.765. The van der Waals surface area contributed by atoms with Crippen molar-refractivity contribution in [3.63, 3.8) is 0 Å². The van der Waals surface area contributed by atoms with Crippen LogP contribution in [0.3, 0.4) is 0 Å². The molecule has 2 aromatic heterocycles. The van der Waals surface area contributed by atoms with Crippen molar-refractivity contribution in [3.8, 4) is 0 Å². The van der Waals surface area contributed by atoms with E-state index < -0.39 is 0 Å². The number of aromatic nitrogens is 2. The molecule has 1 fully saturated rings. The Morgan fingerprint density at radius 2 is 2.24 bits per heavy atom. The smallest absolute Gasteiger partial charge is 0.277 e. The molecule has 1 saturated heterocycles. The van der Waals surface area contributed by atoms with Crippen molar-refractivity contribution in [1.82, 2.24) is 15.5 Å².